The van der Waals surface area contributed by atoms with Gasteiger partial charge in [-0.15, -0.1) is 0 Å². The van der Waals surface area contributed by atoms with E-state index in [-0.39, 0.29) is 17.7 Å². The highest BCUT2D eigenvalue weighted by Gasteiger charge is 2.10. The zero-order valence-electron chi connectivity index (χ0n) is 16.5. The third kappa shape index (κ3) is 5.07. The third-order valence-corrected chi connectivity index (χ3v) is 4.14. The number of aryl methyl sites for hydroxylation is 2. The highest BCUT2D eigenvalue weighted by Crippen LogP contribution is 2.19. The van der Waals surface area contributed by atoms with E-state index in [0.29, 0.717) is 11.6 Å². The molecule has 28 heavy (non-hydrogen) atoms. The minimum Gasteiger partial charge on any atom is -0.491 e. The molecule has 0 aliphatic carbocycles. The van der Waals surface area contributed by atoms with Crippen LogP contribution in [0.25, 0.3) is 0 Å². The van der Waals surface area contributed by atoms with Crippen molar-refractivity contribution in [1.29, 1.82) is 0 Å². The zero-order chi connectivity index (χ0) is 20.1. The Bertz CT molecular complexity index is 969. The van der Waals surface area contributed by atoms with E-state index in [1.54, 1.807) is 24.4 Å². The molecule has 0 spiro atoms. The number of benzene rings is 2. The summed E-state index contributed by atoms with van der Waals surface area (Å²) in [6, 6.07) is 14.8. The summed E-state index contributed by atoms with van der Waals surface area (Å²) in [5.74, 6) is 0.828. The van der Waals surface area contributed by atoms with E-state index in [4.69, 9.17) is 4.74 Å². The summed E-state index contributed by atoms with van der Waals surface area (Å²) in [5, 5.41) is 5.97. The van der Waals surface area contributed by atoms with Crippen LogP contribution in [0.1, 0.15) is 35.5 Å². The first-order valence-electron chi connectivity index (χ1n) is 9.16. The molecule has 3 rings (SSSR count). The Morgan fingerprint density at radius 1 is 0.964 bits per heavy atom. The molecule has 1 amide bonds. The summed E-state index contributed by atoms with van der Waals surface area (Å²) in [6.45, 7) is 8.04. The first-order valence-corrected chi connectivity index (χ1v) is 9.16. The number of nitrogens with one attached hydrogen (secondary N) is 2. The summed E-state index contributed by atoms with van der Waals surface area (Å²) in [6.07, 6.45) is 1.66. The molecule has 2 N–H and O–H groups in total. The first-order chi connectivity index (χ1) is 13.4. The number of hydrogen-bond acceptors (Lipinski definition) is 5. The van der Waals surface area contributed by atoms with Crippen molar-refractivity contribution >= 4 is 23.2 Å². The maximum atomic E-state index is 12.5. The van der Waals surface area contributed by atoms with Crippen LogP contribution in [0, 0.1) is 13.8 Å². The van der Waals surface area contributed by atoms with Crippen LogP contribution in [0.4, 0.5) is 17.3 Å². The van der Waals surface area contributed by atoms with E-state index >= 15 is 0 Å². The van der Waals surface area contributed by atoms with Crippen molar-refractivity contribution in [3.63, 3.8) is 0 Å². The lowest BCUT2D eigenvalue weighted by Crippen LogP contribution is -2.14. The molecule has 0 unspecified atom stereocenters. The van der Waals surface area contributed by atoms with Crippen molar-refractivity contribution in [3.8, 4) is 5.75 Å². The molecule has 144 valence electrons. The van der Waals surface area contributed by atoms with Crippen molar-refractivity contribution in [2.45, 2.75) is 33.8 Å². The molecular formula is C22H24N4O2. The predicted octanol–water partition coefficient (Wildman–Crippen LogP) is 4.88. The van der Waals surface area contributed by atoms with Crippen LogP contribution in [0.3, 0.4) is 0 Å². The van der Waals surface area contributed by atoms with Gasteiger partial charge in [-0.25, -0.2) is 9.97 Å². The molecule has 6 nitrogen and oxygen atoms in total. The second-order valence-electron chi connectivity index (χ2n) is 6.83. The third-order valence-electron chi connectivity index (χ3n) is 4.14. The number of rotatable bonds is 6. The maximum Gasteiger partial charge on any atom is 0.274 e. The number of anilines is 3. The van der Waals surface area contributed by atoms with Gasteiger partial charge in [0, 0.05) is 17.6 Å². The van der Waals surface area contributed by atoms with Crippen LogP contribution in [0.2, 0.25) is 0 Å². The van der Waals surface area contributed by atoms with Gasteiger partial charge in [0.15, 0.2) is 0 Å². The zero-order valence-corrected chi connectivity index (χ0v) is 16.5. The number of aromatic nitrogens is 2. The monoisotopic (exact) mass is 376 g/mol. The fourth-order valence-corrected chi connectivity index (χ4v) is 2.58. The van der Waals surface area contributed by atoms with Gasteiger partial charge < -0.3 is 15.4 Å². The number of amides is 1. The van der Waals surface area contributed by atoms with Crippen molar-refractivity contribution in [3.05, 3.63) is 71.5 Å². The van der Waals surface area contributed by atoms with Crippen LogP contribution in [0.15, 0.2) is 54.7 Å². The smallest absolute Gasteiger partial charge is 0.274 e. The normalized spacial score (nSPS) is 10.6. The summed E-state index contributed by atoms with van der Waals surface area (Å²) < 4.78 is 5.61. The van der Waals surface area contributed by atoms with E-state index < -0.39 is 0 Å². The number of carbonyl (C=O) groups excluding carboxylic acids is 1. The van der Waals surface area contributed by atoms with E-state index in [9.17, 15) is 4.79 Å². The molecule has 1 aromatic heterocycles. The molecule has 0 fully saturated rings. The molecule has 0 aliphatic heterocycles. The Kier molecular flexibility index (Phi) is 5.89. The van der Waals surface area contributed by atoms with Crippen molar-refractivity contribution < 1.29 is 9.53 Å². The van der Waals surface area contributed by atoms with E-state index in [0.717, 1.165) is 11.4 Å². The maximum absolute atomic E-state index is 12.5. The van der Waals surface area contributed by atoms with Gasteiger partial charge in [0.05, 0.1) is 6.10 Å². The van der Waals surface area contributed by atoms with E-state index in [1.165, 1.54) is 11.1 Å². The summed E-state index contributed by atoms with van der Waals surface area (Å²) in [7, 11) is 0. The van der Waals surface area contributed by atoms with Gasteiger partial charge in [-0.2, -0.15) is 0 Å². The average molecular weight is 376 g/mol. The standard InChI is InChI=1S/C22H24N4O2/c1-14(2)28-19-9-7-17(8-10-19)24-21(27)20-11-12-23-22(26-20)25-18-6-5-15(3)16(4)13-18/h5-14H,1-4H3,(H,24,27)(H,23,25,26). The molecule has 0 bridgehead atoms. The minimum atomic E-state index is -0.303. The van der Waals surface area contributed by atoms with Crippen LogP contribution >= 0.6 is 0 Å². The Balaban J connectivity index is 1.68. The molecule has 0 saturated heterocycles. The fourth-order valence-electron chi connectivity index (χ4n) is 2.58. The molecule has 0 atom stereocenters. The Morgan fingerprint density at radius 3 is 2.36 bits per heavy atom. The van der Waals surface area contributed by atoms with Gasteiger partial charge in [0.2, 0.25) is 5.95 Å². The molecule has 1 heterocycles. The average Bonchev–Trinajstić information content (AvgIpc) is 2.66. The first kappa shape index (κ1) is 19.4. The number of nitrogens with zero attached hydrogens (tertiary/aromatic N) is 2. The topological polar surface area (TPSA) is 76.1 Å². The Morgan fingerprint density at radius 2 is 1.68 bits per heavy atom. The van der Waals surface area contributed by atoms with Crippen molar-refractivity contribution in [2.24, 2.45) is 0 Å². The number of hydrogen-bond donors (Lipinski definition) is 2. The lowest BCUT2D eigenvalue weighted by molar-refractivity contribution is 0.102. The SMILES string of the molecule is Cc1ccc(Nc2nccc(C(=O)Nc3ccc(OC(C)C)cc3)n2)cc1C. The van der Waals surface area contributed by atoms with Gasteiger partial charge in [-0.05, 0) is 81.3 Å². The van der Waals surface area contributed by atoms with Gasteiger partial charge >= 0.3 is 0 Å². The van der Waals surface area contributed by atoms with Crippen LogP contribution in [-0.4, -0.2) is 22.0 Å². The second kappa shape index (κ2) is 8.52. The molecule has 0 aliphatic rings. The lowest BCUT2D eigenvalue weighted by Gasteiger charge is -2.11. The minimum absolute atomic E-state index is 0.102. The highest BCUT2D eigenvalue weighted by molar-refractivity contribution is 6.03. The van der Waals surface area contributed by atoms with Gasteiger partial charge in [0.25, 0.3) is 5.91 Å². The molecule has 0 saturated carbocycles. The van der Waals surface area contributed by atoms with Crippen LogP contribution in [0.5, 0.6) is 5.75 Å². The molecule has 6 heteroatoms. The summed E-state index contributed by atoms with van der Waals surface area (Å²) in [5.41, 5.74) is 4.21. The van der Waals surface area contributed by atoms with Gasteiger partial charge in [0.1, 0.15) is 11.4 Å². The summed E-state index contributed by atoms with van der Waals surface area (Å²) >= 11 is 0. The van der Waals surface area contributed by atoms with E-state index in [1.807, 2.05) is 51.1 Å². The second-order valence-corrected chi connectivity index (χ2v) is 6.83. The largest absolute Gasteiger partial charge is 0.491 e. The molecule has 2 aromatic carbocycles. The molecule has 3 aromatic rings. The van der Waals surface area contributed by atoms with E-state index in [2.05, 4.69) is 27.5 Å². The van der Waals surface area contributed by atoms with Crippen molar-refractivity contribution in [2.75, 3.05) is 10.6 Å². The number of carbonyl (C=O) groups is 1. The fraction of sp³-hybridized carbons (Fsp3) is 0.227. The Hall–Kier alpha value is -3.41. The quantitative estimate of drug-likeness (QED) is 0.641. The van der Waals surface area contributed by atoms with Gasteiger partial charge in [-0.1, -0.05) is 6.07 Å². The lowest BCUT2D eigenvalue weighted by atomic mass is 10.1. The molecular weight excluding hydrogens is 352 g/mol. The predicted molar refractivity (Wildman–Crippen MR) is 111 cm³/mol. The highest BCUT2D eigenvalue weighted by atomic mass is 16.5. The van der Waals surface area contributed by atoms with Crippen LogP contribution < -0.4 is 15.4 Å². The van der Waals surface area contributed by atoms with Crippen molar-refractivity contribution in [1.82, 2.24) is 9.97 Å². The summed E-state index contributed by atoms with van der Waals surface area (Å²) in [4.78, 5) is 21.0. The molecule has 0 radical (unpaired) electrons. The van der Waals surface area contributed by atoms with Crippen LogP contribution in [-0.2, 0) is 0 Å². The Labute approximate surface area is 165 Å². The van der Waals surface area contributed by atoms with Gasteiger partial charge in [-0.3, -0.25) is 4.79 Å². The number of ether oxygens (including phenoxy) is 1.